The van der Waals surface area contributed by atoms with Crippen LogP contribution in [0.4, 0.5) is 16.2 Å². The maximum atomic E-state index is 12.4. The fraction of sp³-hybridized carbons (Fsp3) is 0.556. The van der Waals surface area contributed by atoms with Gasteiger partial charge in [0.05, 0.1) is 5.69 Å². The van der Waals surface area contributed by atoms with E-state index in [1.165, 1.54) is 0 Å². The molecule has 136 valence electrons. The van der Waals surface area contributed by atoms with E-state index in [-0.39, 0.29) is 24.6 Å². The molecule has 25 heavy (non-hydrogen) atoms. The molecule has 0 radical (unpaired) electrons. The highest BCUT2D eigenvalue weighted by molar-refractivity contribution is 5.99. The van der Waals surface area contributed by atoms with Crippen LogP contribution in [0.5, 0.6) is 5.75 Å². The van der Waals surface area contributed by atoms with Crippen LogP contribution in [0.15, 0.2) is 18.2 Å². The number of nitrogens with zero attached hydrogens (tertiary/aromatic N) is 2. The molecule has 2 amide bonds. The number of fused-ring (bicyclic) bond motifs is 1. The maximum Gasteiger partial charge on any atom is 0.410 e. The Morgan fingerprint density at radius 2 is 1.96 bits per heavy atom. The summed E-state index contributed by atoms with van der Waals surface area (Å²) in [5, 5.41) is 0. The highest BCUT2D eigenvalue weighted by atomic mass is 16.6. The lowest BCUT2D eigenvalue weighted by Gasteiger charge is -2.40. The van der Waals surface area contributed by atoms with Gasteiger partial charge in [0.15, 0.2) is 6.61 Å². The first-order valence-corrected chi connectivity index (χ1v) is 8.57. The Labute approximate surface area is 147 Å². The third-order valence-electron chi connectivity index (χ3n) is 4.34. The summed E-state index contributed by atoms with van der Waals surface area (Å²) in [6.45, 7) is 6.70. The molecule has 1 saturated heterocycles. The summed E-state index contributed by atoms with van der Waals surface area (Å²) in [4.78, 5) is 28.1. The van der Waals surface area contributed by atoms with Gasteiger partial charge >= 0.3 is 6.09 Å². The van der Waals surface area contributed by atoms with E-state index in [1.54, 1.807) is 28.0 Å². The van der Waals surface area contributed by atoms with Crippen LogP contribution >= 0.6 is 0 Å². The molecule has 2 aliphatic rings. The first kappa shape index (κ1) is 17.4. The molecule has 0 aliphatic carbocycles. The van der Waals surface area contributed by atoms with E-state index in [1.807, 2.05) is 20.8 Å². The maximum absolute atomic E-state index is 12.4. The van der Waals surface area contributed by atoms with Crippen molar-refractivity contribution < 1.29 is 19.1 Å². The van der Waals surface area contributed by atoms with E-state index in [0.717, 1.165) is 0 Å². The lowest BCUT2D eigenvalue weighted by Crippen LogP contribution is -2.52. The van der Waals surface area contributed by atoms with Crippen LogP contribution in [0.3, 0.4) is 0 Å². The van der Waals surface area contributed by atoms with Gasteiger partial charge in [-0.3, -0.25) is 4.79 Å². The standard InChI is InChI=1S/C18H25N3O4/c1-18(2,3)25-17(23)20-8-6-13(7-9-20)21-14-10-12(19)4-5-15(14)24-11-16(21)22/h4-5,10,13H,6-9,11,19H2,1-3H3. The normalized spacial score (nSPS) is 18.6. The van der Waals surface area contributed by atoms with Crippen molar-refractivity contribution in [3.63, 3.8) is 0 Å². The zero-order valence-electron chi connectivity index (χ0n) is 14.9. The number of piperidine rings is 1. The van der Waals surface area contributed by atoms with Gasteiger partial charge in [-0.2, -0.15) is 0 Å². The molecule has 2 aliphatic heterocycles. The van der Waals surface area contributed by atoms with Crippen LogP contribution in [0, 0.1) is 0 Å². The number of ether oxygens (including phenoxy) is 2. The zero-order valence-corrected chi connectivity index (χ0v) is 14.9. The van der Waals surface area contributed by atoms with E-state index >= 15 is 0 Å². The molecule has 0 spiro atoms. The molecule has 0 saturated carbocycles. The Bertz CT molecular complexity index is 675. The quantitative estimate of drug-likeness (QED) is 0.789. The Hall–Kier alpha value is -2.44. The fourth-order valence-corrected chi connectivity index (χ4v) is 3.22. The number of amides is 2. The second kappa shape index (κ2) is 6.46. The molecule has 0 bridgehead atoms. The second-order valence-corrected chi connectivity index (χ2v) is 7.48. The summed E-state index contributed by atoms with van der Waals surface area (Å²) < 4.78 is 10.9. The van der Waals surface area contributed by atoms with Gasteiger partial charge in [-0.15, -0.1) is 0 Å². The van der Waals surface area contributed by atoms with Crippen molar-refractivity contribution in [2.45, 2.75) is 45.3 Å². The number of nitrogens with two attached hydrogens (primary N) is 1. The smallest absolute Gasteiger partial charge is 0.410 e. The molecule has 3 rings (SSSR count). The van der Waals surface area contributed by atoms with Crippen molar-refractivity contribution in [1.82, 2.24) is 4.90 Å². The Morgan fingerprint density at radius 1 is 1.28 bits per heavy atom. The molecule has 0 unspecified atom stereocenters. The number of likely N-dealkylation sites (tertiary alicyclic amines) is 1. The molecule has 7 heteroatoms. The molecule has 1 fully saturated rings. The molecule has 1 aromatic rings. The summed E-state index contributed by atoms with van der Waals surface area (Å²) >= 11 is 0. The number of benzene rings is 1. The summed E-state index contributed by atoms with van der Waals surface area (Å²) in [5.74, 6) is 0.595. The first-order chi connectivity index (χ1) is 11.7. The summed E-state index contributed by atoms with van der Waals surface area (Å²) in [6.07, 6.45) is 1.09. The van der Waals surface area contributed by atoms with Gasteiger partial charge in [-0.25, -0.2) is 4.79 Å². The van der Waals surface area contributed by atoms with Gasteiger partial charge < -0.3 is 25.0 Å². The molecule has 0 atom stereocenters. The molecular weight excluding hydrogens is 322 g/mol. The monoisotopic (exact) mass is 347 g/mol. The number of carbonyl (C=O) groups is 2. The number of hydrogen-bond donors (Lipinski definition) is 1. The Morgan fingerprint density at radius 3 is 2.60 bits per heavy atom. The molecule has 1 aromatic carbocycles. The van der Waals surface area contributed by atoms with Crippen molar-refractivity contribution in [3.8, 4) is 5.75 Å². The van der Waals surface area contributed by atoms with Crippen molar-refractivity contribution in [3.05, 3.63) is 18.2 Å². The van der Waals surface area contributed by atoms with Crippen LogP contribution < -0.4 is 15.4 Å². The topological polar surface area (TPSA) is 85.1 Å². The van der Waals surface area contributed by atoms with Crippen molar-refractivity contribution in [2.75, 3.05) is 30.3 Å². The zero-order chi connectivity index (χ0) is 18.2. The van der Waals surface area contributed by atoms with E-state index in [0.29, 0.717) is 43.1 Å². The first-order valence-electron chi connectivity index (χ1n) is 8.57. The number of rotatable bonds is 1. The summed E-state index contributed by atoms with van der Waals surface area (Å²) in [7, 11) is 0. The number of hydrogen-bond acceptors (Lipinski definition) is 5. The average molecular weight is 347 g/mol. The van der Waals surface area contributed by atoms with E-state index in [4.69, 9.17) is 15.2 Å². The van der Waals surface area contributed by atoms with Gasteiger partial charge in [-0.1, -0.05) is 0 Å². The second-order valence-electron chi connectivity index (χ2n) is 7.48. The van der Waals surface area contributed by atoms with Crippen LogP contribution in [-0.2, 0) is 9.53 Å². The SMILES string of the molecule is CC(C)(C)OC(=O)N1CCC(N2C(=O)COc3ccc(N)cc32)CC1. The van der Waals surface area contributed by atoms with Gasteiger partial charge in [0, 0.05) is 24.8 Å². The van der Waals surface area contributed by atoms with Crippen molar-refractivity contribution in [2.24, 2.45) is 0 Å². The number of carbonyl (C=O) groups excluding carboxylic acids is 2. The third-order valence-corrected chi connectivity index (χ3v) is 4.34. The number of nitrogen functional groups attached to an aromatic ring is 1. The minimum atomic E-state index is -0.509. The highest BCUT2D eigenvalue weighted by Gasteiger charge is 2.35. The van der Waals surface area contributed by atoms with Crippen molar-refractivity contribution in [1.29, 1.82) is 0 Å². The minimum absolute atomic E-state index is 0.0237. The molecular formula is C18H25N3O4. The Kier molecular flexibility index (Phi) is 4.49. The van der Waals surface area contributed by atoms with Gasteiger partial charge in [0.2, 0.25) is 0 Å². The van der Waals surface area contributed by atoms with Gasteiger partial charge in [0.25, 0.3) is 5.91 Å². The lowest BCUT2D eigenvalue weighted by atomic mass is 10.0. The lowest BCUT2D eigenvalue weighted by molar-refractivity contribution is -0.122. The summed E-state index contributed by atoms with van der Waals surface area (Å²) in [6, 6.07) is 5.35. The van der Waals surface area contributed by atoms with Crippen LogP contribution in [-0.4, -0.2) is 48.2 Å². The van der Waals surface area contributed by atoms with E-state index in [2.05, 4.69) is 0 Å². The average Bonchev–Trinajstić information content (AvgIpc) is 2.53. The van der Waals surface area contributed by atoms with E-state index < -0.39 is 5.60 Å². The van der Waals surface area contributed by atoms with Gasteiger partial charge in [0.1, 0.15) is 11.4 Å². The molecule has 0 aromatic heterocycles. The van der Waals surface area contributed by atoms with Crippen LogP contribution in [0.2, 0.25) is 0 Å². The predicted molar refractivity (Wildman–Crippen MR) is 94.7 cm³/mol. The molecule has 2 N–H and O–H groups in total. The van der Waals surface area contributed by atoms with Crippen LogP contribution in [0.25, 0.3) is 0 Å². The predicted octanol–water partition coefficient (Wildman–Crippen LogP) is 2.39. The highest BCUT2D eigenvalue weighted by Crippen LogP contribution is 2.37. The minimum Gasteiger partial charge on any atom is -0.482 e. The fourth-order valence-electron chi connectivity index (χ4n) is 3.22. The molecule has 7 nitrogen and oxygen atoms in total. The third kappa shape index (κ3) is 3.81. The summed E-state index contributed by atoms with van der Waals surface area (Å²) in [5.41, 5.74) is 6.67. The van der Waals surface area contributed by atoms with Crippen LogP contribution in [0.1, 0.15) is 33.6 Å². The largest absolute Gasteiger partial charge is 0.482 e. The molecule has 2 heterocycles. The Balaban J connectivity index is 1.70. The van der Waals surface area contributed by atoms with E-state index in [9.17, 15) is 9.59 Å². The van der Waals surface area contributed by atoms with Gasteiger partial charge in [-0.05, 0) is 51.8 Å². The number of anilines is 2. The van der Waals surface area contributed by atoms with Crippen molar-refractivity contribution >= 4 is 23.4 Å².